The van der Waals surface area contributed by atoms with Crippen molar-refractivity contribution in [3.63, 3.8) is 0 Å². The molecule has 21 heavy (non-hydrogen) atoms. The van der Waals surface area contributed by atoms with E-state index in [0.717, 1.165) is 11.3 Å². The van der Waals surface area contributed by atoms with E-state index in [4.69, 9.17) is 10.00 Å². The van der Waals surface area contributed by atoms with Crippen LogP contribution in [0.5, 0.6) is 5.75 Å². The number of benzene rings is 1. The molecule has 0 aliphatic carbocycles. The van der Waals surface area contributed by atoms with E-state index < -0.39 is 5.91 Å². The van der Waals surface area contributed by atoms with Gasteiger partial charge in [-0.05, 0) is 38.5 Å². The van der Waals surface area contributed by atoms with Crippen LogP contribution in [0.25, 0.3) is 0 Å². The van der Waals surface area contributed by atoms with Crippen LogP contribution in [0.2, 0.25) is 0 Å². The maximum absolute atomic E-state index is 11.9. The van der Waals surface area contributed by atoms with E-state index in [1.807, 2.05) is 51.1 Å². The van der Waals surface area contributed by atoms with Crippen LogP contribution >= 0.6 is 0 Å². The lowest BCUT2D eigenvalue weighted by Crippen LogP contribution is -2.33. The lowest BCUT2D eigenvalue weighted by atomic mass is 10.1. The van der Waals surface area contributed by atoms with Crippen LogP contribution in [-0.4, -0.2) is 18.6 Å². The van der Waals surface area contributed by atoms with Gasteiger partial charge in [0.1, 0.15) is 17.4 Å². The number of nitrogens with one attached hydrogen (secondary N) is 2. The van der Waals surface area contributed by atoms with Crippen molar-refractivity contribution in [2.75, 3.05) is 7.11 Å². The Morgan fingerprint density at radius 1 is 1.33 bits per heavy atom. The molecular weight excluding hydrogens is 266 g/mol. The molecule has 1 amide bonds. The van der Waals surface area contributed by atoms with Gasteiger partial charge in [-0.1, -0.05) is 12.1 Å². The summed E-state index contributed by atoms with van der Waals surface area (Å²) in [7, 11) is 1.60. The third-order valence-electron chi connectivity index (χ3n) is 2.63. The van der Waals surface area contributed by atoms with Crippen molar-refractivity contribution in [2.45, 2.75) is 32.9 Å². The number of ether oxygens (including phenoxy) is 1. The number of carbonyl (C=O) groups is 1. The van der Waals surface area contributed by atoms with Gasteiger partial charge in [-0.2, -0.15) is 5.26 Å². The fourth-order valence-corrected chi connectivity index (χ4v) is 1.46. The van der Waals surface area contributed by atoms with Crippen LogP contribution in [0.1, 0.15) is 26.3 Å². The van der Waals surface area contributed by atoms with E-state index in [9.17, 15) is 4.79 Å². The number of carbonyl (C=O) groups excluding carboxylic acids is 1. The van der Waals surface area contributed by atoms with E-state index in [2.05, 4.69) is 10.6 Å². The monoisotopic (exact) mass is 287 g/mol. The van der Waals surface area contributed by atoms with Crippen LogP contribution in [0, 0.1) is 11.3 Å². The molecular formula is C16H21N3O2. The van der Waals surface area contributed by atoms with Crippen LogP contribution in [0.3, 0.4) is 0 Å². The molecule has 0 atom stereocenters. The smallest absolute Gasteiger partial charge is 0.263 e. The van der Waals surface area contributed by atoms with Crippen molar-refractivity contribution in [3.8, 4) is 11.8 Å². The SMILES string of the molecule is COc1ccc(CNC(=O)/C(C#N)=C\NC(C)(C)C)cc1. The molecule has 0 unspecified atom stereocenters. The molecule has 0 bridgehead atoms. The highest BCUT2D eigenvalue weighted by molar-refractivity contribution is 5.97. The van der Waals surface area contributed by atoms with E-state index in [0.29, 0.717) is 6.54 Å². The highest BCUT2D eigenvalue weighted by Gasteiger charge is 2.11. The Hall–Kier alpha value is -2.48. The minimum atomic E-state index is -0.398. The predicted molar refractivity (Wildman–Crippen MR) is 81.4 cm³/mol. The maximum atomic E-state index is 11.9. The number of rotatable bonds is 5. The van der Waals surface area contributed by atoms with E-state index in [1.165, 1.54) is 6.20 Å². The second kappa shape index (κ2) is 7.34. The molecule has 0 radical (unpaired) electrons. The largest absolute Gasteiger partial charge is 0.497 e. The second-order valence-electron chi connectivity index (χ2n) is 5.59. The summed E-state index contributed by atoms with van der Waals surface area (Å²) >= 11 is 0. The Labute approximate surface area is 125 Å². The van der Waals surface area contributed by atoms with Gasteiger partial charge in [0, 0.05) is 18.3 Å². The molecule has 5 nitrogen and oxygen atoms in total. The maximum Gasteiger partial charge on any atom is 0.263 e. The zero-order valence-electron chi connectivity index (χ0n) is 12.9. The fourth-order valence-electron chi connectivity index (χ4n) is 1.46. The van der Waals surface area contributed by atoms with Gasteiger partial charge in [0.15, 0.2) is 0 Å². The molecule has 0 aromatic heterocycles. The molecule has 1 aromatic carbocycles. The van der Waals surface area contributed by atoms with Crippen molar-refractivity contribution in [1.82, 2.24) is 10.6 Å². The zero-order chi connectivity index (χ0) is 15.9. The first-order valence-electron chi connectivity index (χ1n) is 6.65. The second-order valence-corrected chi connectivity index (χ2v) is 5.59. The fraction of sp³-hybridized carbons (Fsp3) is 0.375. The van der Waals surface area contributed by atoms with Gasteiger partial charge < -0.3 is 15.4 Å². The summed E-state index contributed by atoms with van der Waals surface area (Å²) in [5.41, 5.74) is 0.793. The van der Waals surface area contributed by atoms with Gasteiger partial charge >= 0.3 is 0 Å². The van der Waals surface area contributed by atoms with Crippen LogP contribution in [-0.2, 0) is 11.3 Å². The summed E-state index contributed by atoms with van der Waals surface area (Å²) in [5.74, 6) is 0.363. The Morgan fingerprint density at radius 3 is 2.43 bits per heavy atom. The first-order chi connectivity index (χ1) is 9.85. The highest BCUT2D eigenvalue weighted by Crippen LogP contribution is 2.11. The van der Waals surface area contributed by atoms with E-state index >= 15 is 0 Å². The van der Waals surface area contributed by atoms with Crippen molar-refractivity contribution < 1.29 is 9.53 Å². The third kappa shape index (κ3) is 6.00. The van der Waals surface area contributed by atoms with Crippen LogP contribution < -0.4 is 15.4 Å². The number of hydrogen-bond acceptors (Lipinski definition) is 4. The topological polar surface area (TPSA) is 74.1 Å². The van der Waals surface area contributed by atoms with Crippen molar-refractivity contribution >= 4 is 5.91 Å². The quantitative estimate of drug-likeness (QED) is 0.642. The molecule has 0 spiro atoms. The summed E-state index contributed by atoms with van der Waals surface area (Å²) in [6.07, 6.45) is 1.45. The molecule has 112 valence electrons. The van der Waals surface area contributed by atoms with Gasteiger partial charge in [0.2, 0.25) is 0 Å². The lowest BCUT2D eigenvalue weighted by molar-refractivity contribution is -0.117. The first kappa shape index (κ1) is 16.6. The van der Waals surface area contributed by atoms with Gasteiger partial charge in [-0.3, -0.25) is 4.79 Å². The number of nitriles is 1. The molecule has 1 aromatic rings. The summed E-state index contributed by atoms with van der Waals surface area (Å²) < 4.78 is 5.07. The third-order valence-corrected chi connectivity index (χ3v) is 2.63. The van der Waals surface area contributed by atoms with Crippen molar-refractivity contribution in [1.29, 1.82) is 5.26 Å². The first-order valence-corrected chi connectivity index (χ1v) is 6.65. The standard InChI is InChI=1S/C16H21N3O2/c1-16(2,3)19-11-13(9-17)15(20)18-10-12-5-7-14(21-4)8-6-12/h5-8,11,19H,10H2,1-4H3,(H,18,20)/b13-11-. The lowest BCUT2D eigenvalue weighted by Gasteiger charge is -2.18. The van der Waals surface area contributed by atoms with Crippen molar-refractivity contribution in [2.24, 2.45) is 0 Å². The normalized spacial score (nSPS) is 11.5. The van der Waals surface area contributed by atoms with Gasteiger partial charge in [0.25, 0.3) is 5.91 Å². The summed E-state index contributed by atoms with van der Waals surface area (Å²) in [6, 6.07) is 9.27. The molecule has 0 heterocycles. The number of amides is 1. The van der Waals surface area contributed by atoms with Gasteiger partial charge in [-0.15, -0.1) is 0 Å². The van der Waals surface area contributed by atoms with Crippen LogP contribution in [0.4, 0.5) is 0 Å². The minimum absolute atomic E-state index is 0.0541. The van der Waals surface area contributed by atoms with Crippen LogP contribution in [0.15, 0.2) is 36.0 Å². The molecule has 0 aliphatic rings. The molecule has 0 fully saturated rings. The van der Waals surface area contributed by atoms with E-state index in [-0.39, 0.29) is 11.1 Å². The molecule has 0 aliphatic heterocycles. The summed E-state index contributed by atoms with van der Waals surface area (Å²) in [6.45, 7) is 6.21. The Morgan fingerprint density at radius 2 is 1.95 bits per heavy atom. The van der Waals surface area contributed by atoms with E-state index in [1.54, 1.807) is 7.11 Å². The Balaban J connectivity index is 2.60. The Kier molecular flexibility index (Phi) is 5.79. The summed E-state index contributed by atoms with van der Waals surface area (Å²) in [4.78, 5) is 11.9. The average Bonchev–Trinajstić information content (AvgIpc) is 2.45. The average molecular weight is 287 g/mol. The molecule has 2 N–H and O–H groups in total. The number of methoxy groups -OCH3 is 1. The zero-order valence-corrected chi connectivity index (χ0v) is 12.9. The summed E-state index contributed by atoms with van der Waals surface area (Å²) in [5, 5.41) is 14.7. The predicted octanol–water partition coefficient (Wildman–Crippen LogP) is 2.11. The number of nitrogens with zero attached hydrogens (tertiary/aromatic N) is 1. The molecule has 1 rings (SSSR count). The molecule has 5 heteroatoms. The number of hydrogen-bond donors (Lipinski definition) is 2. The van der Waals surface area contributed by atoms with Crippen molar-refractivity contribution in [3.05, 3.63) is 41.6 Å². The highest BCUT2D eigenvalue weighted by atomic mass is 16.5. The van der Waals surface area contributed by atoms with Gasteiger partial charge in [0.05, 0.1) is 7.11 Å². The Bertz CT molecular complexity index is 548. The minimum Gasteiger partial charge on any atom is -0.497 e. The molecule has 0 saturated heterocycles. The molecule has 0 saturated carbocycles. The van der Waals surface area contributed by atoms with Gasteiger partial charge in [-0.25, -0.2) is 0 Å².